The van der Waals surface area contributed by atoms with Crippen LogP contribution in [0.4, 0.5) is 5.82 Å². The Morgan fingerprint density at radius 1 is 1.03 bits per heavy atom. The van der Waals surface area contributed by atoms with Gasteiger partial charge in [0.25, 0.3) is 0 Å². The highest BCUT2D eigenvalue weighted by molar-refractivity contribution is 5.89. The topological polar surface area (TPSA) is 160 Å². The molecule has 5 aromatic heterocycles. The van der Waals surface area contributed by atoms with Gasteiger partial charge in [-0.3, -0.25) is 9.67 Å². The summed E-state index contributed by atoms with van der Waals surface area (Å²) in [6, 6.07) is 14.9. The number of aromatic amines is 2. The number of anilines is 1. The van der Waals surface area contributed by atoms with Gasteiger partial charge in [-0.05, 0) is 42.5 Å². The highest BCUT2D eigenvalue weighted by Gasteiger charge is 2.15. The molecule has 0 fully saturated rings. The summed E-state index contributed by atoms with van der Waals surface area (Å²) in [6.07, 6.45) is 4.99. The highest BCUT2D eigenvalue weighted by atomic mass is 16.1. The van der Waals surface area contributed by atoms with Gasteiger partial charge in [-0.1, -0.05) is 0 Å². The van der Waals surface area contributed by atoms with Crippen LogP contribution in [-0.2, 0) is 6.54 Å². The number of hydrogen-bond donors (Lipinski definition) is 3. The van der Waals surface area contributed by atoms with E-state index in [0.29, 0.717) is 34.5 Å². The number of nitrogens with one attached hydrogen (secondary N) is 2. The summed E-state index contributed by atoms with van der Waals surface area (Å²) < 4.78 is 3.52. The number of imidazole rings is 1. The molecule has 0 saturated heterocycles. The predicted octanol–water partition coefficient (Wildman–Crippen LogP) is 2.35. The number of nitrogen functional groups attached to an aromatic ring is 1. The van der Waals surface area contributed by atoms with E-state index in [2.05, 4.69) is 36.2 Å². The molecule has 1 aromatic carbocycles. The molecule has 6 rings (SSSR count). The molecule has 11 heteroatoms. The summed E-state index contributed by atoms with van der Waals surface area (Å²) in [5.74, 6) is 0.305. The highest BCUT2D eigenvalue weighted by Crippen LogP contribution is 2.28. The fourth-order valence-corrected chi connectivity index (χ4v) is 3.95. The van der Waals surface area contributed by atoms with Crippen LogP contribution in [0.1, 0.15) is 11.3 Å². The number of fused-ring (bicyclic) bond motifs is 2. The lowest BCUT2D eigenvalue weighted by atomic mass is 10.2. The molecule has 4 N–H and O–H groups in total. The maximum absolute atomic E-state index is 11.6. The van der Waals surface area contributed by atoms with E-state index < -0.39 is 0 Å². The van der Waals surface area contributed by atoms with Crippen molar-refractivity contribution < 1.29 is 0 Å². The lowest BCUT2D eigenvalue weighted by Gasteiger charge is -2.08. The average Bonchev–Trinajstić information content (AvgIpc) is 3.55. The number of hydrogen-bond acceptors (Lipinski definition) is 7. The van der Waals surface area contributed by atoms with Crippen molar-refractivity contribution in [3.05, 3.63) is 82.8 Å². The Kier molecular flexibility index (Phi) is 4.24. The molecule has 0 bridgehead atoms. The van der Waals surface area contributed by atoms with Crippen LogP contribution in [0.5, 0.6) is 0 Å². The van der Waals surface area contributed by atoms with Gasteiger partial charge in [0.2, 0.25) is 0 Å². The smallest absolute Gasteiger partial charge is 0.323 e. The van der Waals surface area contributed by atoms with Crippen LogP contribution in [0.15, 0.2) is 65.8 Å². The summed E-state index contributed by atoms with van der Waals surface area (Å²) in [5, 5.41) is 17.9. The van der Waals surface area contributed by atoms with Gasteiger partial charge in [0.15, 0.2) is 5.82 Å². The molecule has 0 spiro atoms. The first-order chi connectivity index (χ1) is 16.6. The zero-order valence-corrected chi connectivity index (χ0v) is 17.6. The van der Waals surface area contributed by atoms with Crippen molar-refractivity contribution in [2.75, 3.05) is 5.73 Å². The Balaban J connectivity index is 1.43. The second-order valence-electron chi connectivity index (χ2n) is 7.72. The van der Waals surface area contributed by atoms with E-state index in [1.54, 1.807) is 29.3 Å². The van der Waals surface area contributed by atoms with Crippen molar-refractivity contribution in [3.63, 3.8) is 0 Å². The van der Waals surface area contributed by atoms with E-state index in [1.807, 2.05) is 41.1 Å². The van der Waals surface area contributed by atoms with Crippen LogP contribution in [0.25, 0.3) is 39.0 Å². The molecule has 0 unspecified atom stereocenters. The van der Waals surface area contributed by atoms with Crippen LogP contribution in [0.3, 0.4) is 0 Å². The maximum Gasteiger partial charge on any atom is 0.323 e. The van der Waals surface area contributed by atoms with Crippen molar-refractivity contribution in [2.24, 2.45) is 0 Å². The molecule has 164 valence electrons. The number of aromatic nitrogens is 8. The molecule has 0 amide bonds. The lowest BCUT2D eigenvalue weighted by molar-refractivity contribution is 0.679. The van der Waals surface area contributed by atoms with Crippen molar-refractivity contribution in [1.82, 2.24) is 39.5 Å². The Morgan fingerprint density at radius 2 is 1.91 bits per heavy atom. The van der Waals surface area contributed by atoms with Crippen molar-refractivity contribution >= 4 is 27.9 Å². The molecule has 6 aromatic rings. The number of benzene rings is 1. The molecule has 34 heavy (non-hydrogen) atoms. The van der Waals surface area contributed by atoms with Crippen LogP contribution >= 0.6 is 0 Å². The zero-order valence-electron chi connectivity index (χ0n) is 17.6. The molecule has 0 saturated carbocycles. The van der Waals surface area contributed by atoms with Gasteiger partial charge in [0.05, 0.1) is 45.7 Å². The standard InChI is InChI=1S/C23H16N10O/c24-9-13-1-2-15(26-10-13)12-32-19(5-6-28-32)14-7-20-21(27-11-14)22(25)31-33(20)16-3-4-17-18(8-16)30-23(34)29-17/h1-8,10-11H,12H2,(H2,25,31)(H2,29,30,34). The third-order valence-corrected chi connectivity index (χ3v) is 5.57. The first-order valence-corrected chi connectivity index (χ1v) is 10.3. The summed E-state index contributed by atoms with van der Waals surface area (Å²) in [4.78, 5) is 26.0. The Bertz CT molecular complexity index is 1780. The first-order valence-electron chi connectivity index (χ1n) is 10.3. The predicted molar refractivity (Wildman–Crippen MR) is 125 cm³/mol. The second kappa shape index (κ2) is 7.42. The SMILES string of the molecule is N#Cc1ccc(Cn2nccc2-c2cnc3c(N)nn(-c4ccc5[nH]c(=O)[nH]c5c4)c3c2)nc1. The third-order valence-electron chi connectivity index (χ3n) is 5.57. The van der Waals surface area contributed by atoms with E-state index in [1.165, 1.54) is 0 Å². The summed E-state index contributed by atoms with van der Waals surface area (Å²) in [6.45, 7) is 0.436. The maximum atomic E-state index is 11.6. The Hall–Kier alpha value is -5.24. The normalized spacial score (nSPS) is 11.3. The number of nitrogens with zero attached hydrogens (tertiary/aromatic N) is 7. The number of rotatable bonds is 4. The largest absolute Gasteiger partial charge is 0.380 e. The summed E-state index contributed by atoms with van der Waals surface area (Å²) in [5.41, 5.74) is 12.2. The molecule has 0 radical (unpaired) electrons. The lowest BCUT2D eigenvalue weighted by Crippen LogP contribution is -2.05. The van der Waals surface area contributed by atoms with E-state index >= 15 is 0 Å². The van der Waals surface area contributed by atoms with Gasteiger partial charge >= 0.3 is 5.69 Å². The monoisotopic (exact) mass is 448 g/mol. The first kappa shape index (κ1) is 19.4. The quantitative estimate of drug-likeness (QED) is 0.373. The van der Waals surface area contributed by atoms with Crippen LogP contribution < -0.4 is 11.4 Å². The molecule has 0 atom stereocenters. The van der Waals surface area contributed by atoms with Gasteiger partial charge in [-0.25, -0.2) is 14.5 Å². The fraction of sp³-hybridized carbons (Fsp3) is 0.0435. The van der Waals surface area contributed by atoms with E-state index in [4.69, 9.17) is 11.0 Å². The second-order valence-corrected chi connectivity index (χ2v) is 7.72. The zero-order chi connectivity index (χ0) is 23.2. The van der Waals surface area contributed by atoms with Crippen molar-refractivity contribution in [1.29, 1.82) is 5.26 Å². The molecule has 0 aliphatic rings. The average molecular weight is 448 g/mol. The minimum atomic E-state index is -0.272. The van der Waals surface area contributed by atoms with Crippen LogP contribution in [0.2, 0.25) is 0 Å². The molecule has 11 nitrogen and oxygen atoms in total. The van der Waals surface area contributed by atoms with Gasteiger partial charge < -0.3 is 15.7 Å². The number of nitrogens with two attached hydrogens (primary N) is 1. The third kappa shape index (κ3) is 3.18. The van der Waals surface area contributed by atoms with E-state index in [-0.39, 0.29) is 5.69 Å². The number of H-pyrrole nitrogens is 2. The summed E-state index contributed by atoms with van der Waals surface area (Å²) >= 11 is 0. The number of pyridine rings is 2. The van der Waals surface area contributed by atoms with Crippen molar-refractivity contribution in [2.45, 2.75) is 6.54 Å². The molecular formula is C23H16N10O. The van der Waals surface area contributed by atoms with Crippen LogP contribution in [0, 0.1) is 11.3 Å². The van der Waals surface area contributed by atoms with E-state index in [9.17, 15) is 4.79 Å². The van der Waals surface area contributed by atoms with Gasteiger partial charge in [0, 0.05) is 24.2 Å². The molecule has 5 heterocycles. The molecule has 0 aliphatic heterocycles. The number of nitriles is 1. The van der Waals surface area contributed by atoms with Gasteiger partial charge in [-0.2, -0.15) is 10.4 Å². The minimum absolute atomic E-state index is 0.272. The fourth-order valence-electron chi connectivity index (χ4n) is 3.95. The van der Waals surface area contributed by atoms with Crippen LogP contribution in [-0.4, -0.2) is 39.5 Å². The Labute approximate surface area is 191 Å². The molecular weight excluding hydrogens is 432 g/mol. The molecule has 0 aliphatic carbocycles. The van der Waals surface area contributed by atoms with Crippen molar-refractivity contribution in [3.8, 4) is 23.0 Å². The summed E-state index contributed by atoms with van der Waals surface area (Å²) in [7, 11) is 0. The van der Waals surface area contributed by atoms with Gasteiger partial charge in [0.1, 0.15) is 11.6 Å². The van der Waals surface area contributed by atoms with Gasteiger partial charge in [-0.15, -0.1) is 5.10 Å². The minimum Gasteiger partial charge on any atom is -0.380 e. The Morgan fingerprint density at radius 3 is 2.74 bits per heavy atom. The van der Waals surface area contributed by atoms with E-state index in [0.717, 1.165) is 28.2 Å².